The number of esters is 1. The number of carbonyl (C=O) groups excluding carboxylic acids is 1. The van der Waals surface area contributed by atoms with Crippen molar-refractivity contribution in [1.29, 1.82) is 0 Å². The summed E-state index contributed by atoms with van der Waals surface area (Å²) in [6.45, 7) is 5.98. The zero-order chi connectivity index (χ0) is 14.0. The molecule has 0 bridgehead atoms. The van der Waals surface area contributed by atoms with Gasteiger partial charge in [-0.15, -0.1) is 5.69 Å². The van der Waals surface area contributed by atoms with Gasteiger partial charge in [-0.2, -0.15) is 0 Å². The third-order valence-electron chi connectivity index (χ3n) is 2.42. The first kappa shape index (κ1) is 24.4. The second-order valence-electron chi connectivity index (χ2n) is 3.41. The molecule has 0 amide bonds. The summed E-state index contributed by atoms with van der Waals surface area (Å²) in [5.74, 6) is -0.433. The van der Waals surface area contributed by atoms with Crippen LogP contribution in [-0.2, 0) is 23.5 Å². The minimum atomic E-state index is -0.433. The molecule has 6 nitrogen and oxygen atoms in total. The molecule has 0 atom stereocenters. The van der Waals surface area contributed by atoms with Crippen LogP contribution < -0.4 is 0 Å². The molecule has 0 aliphatic carbocycles. The summed E-state index contributed by atoms with van der Waals surface area (Å²) in [5.41, 5.74) is 8.08. The summed E-state index contributed by atoms with van der Waals surface area (Å²) in [4.78, 5) is 13.6. The van der Waals surface area contributed by atoms with Gasteiger partial charge in [-0.1, -0.05) is 32.0 Å². The quantitative estimate of drug-likeness (QED) is 0.435. The van der Waals surface area contributed by atoms with E-state index in [0.29, 0.717) is 5.56 Å². The van der Waals surface area contributed by atoms with Crippen LogP contribution in [-0.4, -0.2) is 30.7 Å². The molecule has 1 aromatic carbocycles. The second kappa shape index (κ2) is 14.8. The van der Waals surface area contributed by atoms with Gasteiger partial charge in [-0.3, -0.25) is 4.90 Å². The molecule has 0 spiro atoms. The van der Waals surface area contributed by atoms with Gasteiger partial charge >= 0.3 is 34.2 Å². The number of nitrogens with two attached hydrogens (primary N) is 2. The Bertz CT molecular complexity index is 365. The summed E-state index contributed by atoms with van der Waals surface area (Å²) in [6, 6.07) is 6.64. The molecule has 0 saturated heterocycles. The first-order chi connectivity index (χ1) is 8.69. The predicted octanol–water partition coefficient (Wildman–Crippen LogP) is 4.95. The topological polar surface area (TPSA) is 120 Å². The number of carbonyl (C=O) groups is 1. The van der Waals surface area contributed by atoms with Crippen LogP contribution in [0.15, 0.2) is 24.3 Å². The Morgan fingerprint density at radius 3 is 2.20 bits per heavy atom. The minimum Gasteiger partial charge on any atom is -0.693 e. The number of hydrogen-bond acceptors (Lipinski definition) is 3. The van der Waals surface area contributed by atoms with E-state index in [1.54, 1.807) is 43.0 Å². The van der Waals surface area contributed by atoms with E-state index in [0.717, 1.165) is 13.1 Å². The van der Waals surface area contributed by atoms with Crippen molar-refractivity contribution in [3.63, 3.8) is 0 Å². The Kier molecular flexibility index (Phi) is 18.0. The number of rotatable bonds is 5. The number of ether oxygens (including phenoxy) is 1. The minimum absolute atomic E-state index is 0. The molecule has 0 aromatic heterocycles. The summed E-state index contributed by atoms with van der Waals surface area (Å²) in [6.07, 6.45) is 0. The summed E-state index contributed by atoms with van der Waals surface area (Å²) in [7, 11) is 4.61. The molecule has 5 N–H and O–H groups in total. The van der Waals surface area contributed by atoms with Crippen LogP contribution in [0.1, 0.15) is 24.2 Å². The van der Waals surface area contributed by atoms with Gasteiger partial charge < -0.3 is 22.8 Å². The van der Waals surface area contributed by atoms with Crippen LogP contribution >= 0.6 is 9.42 Å². The maximum Gasteiger partial charge on any atom is -0.693 e. The molecule has 1 aromatic rings. The van der Waals surface area contributed by atoms with Gasteiger partial charge in [0, 0.05) is 5.56 Å². The molecule has 20 heavy (non-hydrogen) atoms. The van der Waals surface area contributed by atoms with Gasteiger partial charge in [0.25, 0.3) is 0 Å². The predicted molar refractivity (Wildman–Crippen MR) is 80.0 cm³/mol. The fourth-order valence-corrected chi connectivity index (χ4v) is 1.29. The van der Waals surface area contributed by atoms with Gasteiger partial charge in [-0.05, 0) is 19.2 Å². The van der Waals surface area contributed by atoms with E-state index in [9.17, 15) is 4.79 Å². The first-order valence-electron chi connectivity index (χ1n) is 5.51. The molecule has 0 heterocycles. The second-order valence-corrected chi connectivity index (χ2v) is 3.41. The van der Waals surface area contributed by atoms with Crippen LogP contribution in [0.2, 0.25) is 0 Å². The van der Waals surface area contributed by atoms with Crippen LogP contribution in [0.5, 0.6) is 0 Å². The number of hydrogen-bond donors (Lipinski definition) is 0. The largest absolute Gasteiger partial charge is 0.693 e. The van der Waals surface area contributed by atoms with Crippen molar-refractivity contribution in [3.8, 4) is 0 Å². The van der Waals surface area contributed by atoms with Crippen molar-refractivity contribution in [2.75, 3.05) is 19.8 Å². The van der Waals surface area contributed by atoms with Gasteiger partial charge in [0.05, 0.1) is 0 Å². The van der Waals surface area contributed by atoms with E-state index < -0.39 is 5.97 Å². The molecular weight excluding hydrogens is 463 g/mol. The maximum atomic E-state index is 11.6. The van der Waals surface area contributed by atoms with Crippen molar-refractivity contribution in [3.05, 3.63) is 47.9 Å². The standard InChI is InChI=1S/C12H18N2O2.ClH.2H2N.Pt/c1-3-14(4-2)9-16-12(15)10-7-5-6-8-11(10)13;;;;/h5-8H,3-4,9H2,1-2H3,(H2,13,15);1H;2*1H2;/q;;2*-1;+1/p-2. The van der Waals surface area contributed by atoms with Crippen LogP contribution in [0.25, 0.3) is 18.0 Å². The van der Waals surface area contributed by atoms with E-state index >= 15 is 0 Å². The normalized spacial score (nSPS) is 8.70. The van der Waals surface area contributed by atoms with E-state index in [4.69, 9.17) is 10.5 Å². The van der Waals surface area contributed by atoms with E-state index in [-0.39, 0.29) is 24.7 Å². The molecule has 0 saturated carbocycles. The van der Waals surface area contributed by atoms with Crippen molar-refractivity contribution in [2.45, 2.75) is 13.8 Å². The summed E-state index contributed by atoms with van der Waals surface area (Å²) < 4.78 is 5.12. The molecule has 8 heteroatoms. The first-order valence-corrected chi connectivity index (χ1v) is 8.32. The molecule has 121 valence electrons. The summed E-state index contributed by atoms with van der Waals surface area (Å²) in [5, 5.41) is 0. The number of nitrogens with zero attached hydrogens (tertiary/aromatic N) is 1. The van der Waals surface area contributed by atoms with E-state index in [1.807, 2.05) is 18.7 Å². The van der Waals surface area contributed by atoms with Crippen LogP contribution in [0, 0.1) is 0 Å². The van der Waals surface area contributed by atoms with Crippen LogP contribution in [0.4, 0.5) is 5.69 Å². The van der Waals surface area contributed by atoms with Gasteiger partial charge in [0.15, 0.2) is 0 Å². The number of halogens is 1. The Hall–Kier alpha value is -0.652. The van der Waals surface area contributed by atoms with Crippen molar-refractivity contribution in [2.24, 2.45) is 0 Å². The molecule has 0 fully saturated rings. The van der Waals surface area contributed by atoms with Gasteiger partial charge in [0.2, 0.25) is 0 Å². The maximum absolute atomic E-state index is 11.6. The smallest absolute Gasteiger partial charge is 0.693 e. The third-order valence-corrected chi connectivity index (χ3v) is 2.42. The van der Waals surface area contributed by atoms with E-state index in [1.165, 1.54) is 0 Å². The van der Waals surface area contributed by atoms with Crippen molar-refractivity contribution < 1.29 is 28.3 Å². The number of nitrogens with one attached hydrogen (secondary N) is 1. The SMILES string of the molecule is CCN(CC)COC(=O)c1ccccc1[NH-].[Cl][Pt].[NH2-].[NH2-]. The van der Waals surface area contributed by atoms with Crippen molar-refractivity contribution >= 4 is 21.1 Å². The van der Waals surface area contributed by atoms with Gasteiger partial charge in [0.1, 0.15) is 6.73 Å². The average Bonchev–Trinajstić information content (AvgIpc) is 2.42. The molecule has 0 aliphatic heterocycles. The summed E-state index contributed by atoms with van der Waals surface area (Å²) >= 11 is 1.61. The zero-order valence-corrected chi connectivity index (χ0v) is 14.6. The zero-order valence-electron chi connectivity index (χ0n) is 11.5. The molecule has 0 unspecified atom stereocenters. The molecule has 1 rings (SSSR count). The average molecular weight is 484 g/mol. The Labute approximate surface area is 136 Å². The monoisotopic (exact) mass is 483 g/mol. The Morgan fingerprint density at radius 1 is 1.25 bits per heavy atom. The Morgan fingerprint density at radius 2 is 1.75 bits per heavy atom. The molecular formula is C12H21ClN4O2Pt-3. The Balaban J connectivity index is -0.000000689. The van der Waals surface area contributed by atoms with Crippen molar-refractivity contribution in [1.82, 2.24) is 4.90 Å². The third kappa shape index (κ3) is 8.51. The van der Waals surface area contributed by atoms with Crippen LogP contribution in [0.3, 0.4) is 0 Å². The molecule has 0 aliphatic rings. The fourth-order valence-electron chi connectivity index (χ4n) is 1.29. The van der Waals surface area contributed by atoms with E-state index in [2.05, 4.69) is 9.42 Å². The molecule has 0 radical (unpaired) electrons. The fraction of sp³-hybridized carbons (Fsp3) is 0.417. The number of benzene rings is 1. The van der Waals surface area contributed by atoms with Gasteiger partial charge in [-0.25, -0.2) is 4.79 Å².